The third-order valence-corrected chi connectivity index (χ3v) is 1.67. The van der Waals surface area contributed by atoms with Crippen molar-refractivity contribution in [1.29, 1.82) is 0 Å². The average molecular weight is 188 g/mol. The lowest BCUT2D eigenvalue weighted by molar-refractivity contribution is 0.959. The third kappa shape index (κ3) is 8.79. The van der Waals surface area contributed by atoms with Crippen molar-refractivity contribution in [3.8, 4) is 0 Å². The zero-order valence-electron chi connectivity index (χ0n) is 9.24. The normalized spacial score (nSPS) is 9.29. The number of aryl methyl sites for hydroxylation is 1. The monoisotopic (exact) mass is 188 g/mol. The van der Waals surface area contributed by atoms with Gasteiger partial charge in [-0.1, -0.05) is 74.0 Å². The average Bonchev–Trinajstić information content (AvgIpc) is 2.21. The Morgan fingerprint density at radius 1 is 1.21 bits per heavy atom. The van der Waals surface area contributed by atoms with Crippen LogP contribution in [0.25, 0.3) is 0 Å². The summed E-state index contributed by atoms with van der Waals surface area (Å²) in [6, 6.07) is 10.3. The van der Waals surface area contributed by atoms with Crippen molar-refractivity contribution < 1.29 is 0 Å². The van der Waals surface area contributed by atoms with Crippen LogP contribution in [0.1, 0.15) is 25.3 Å². The summed E-state index contributed by atoms with van der Waals surface area (Å²) >= 11 is 0. The zero-order valence-corrected chi connectivity index (χ0v) is 9.24. The molecular weight excluding hydrogens is 168 g/mol. The van der Waals surface area contributed by atoms with Crippen LogP contribution in [0.15, 0.2) is 55.1 Å². The van der Waals surface area contributed by atoms with E-state index in [0.29, 0.717) is 0 Å². The number of hydrogen-bond donors (Lipinski definition) is 0. The molecule has 0 unspecified atom stereocenters. The van der Waals surface area contributed by atoms with E-state index in [2.05, 4.69) is 38.6 Å². The molecule has 0 saturated heterocycles. The molecule has 0 saturated carbocycles. The molecule has 0 radical (unpaired) electrons. The van der Waals surface area contributed by atoms with Crippen LogP contribution in [0.3, 0.4) is 0 Å². The Balaban J connectivity index is 0.000000241. The lowest BCUT2D eigenvalue weighted by Gasteiger charge is -1.82. The summed E-state index contributed by atoms with van der Waals surface area (Å²) in [5.41, 5.74) is 1.32. The third-order valence-electron chi connectivity index (χ3n) is 1.67. The summed E-state index contributed by atoms with van der Waals surface area (Å²) in [5, 5.41) is 0. The Morgan fingerprint density at radius 3 is 2.21 bits per heavy atom. The molecular formula is C14H20. The molecule has 0 aliphatic rings. The van der Waals surface area contributed by atoms with Gasteiger partial charge >= 0.3 is 0 Å². The first kappa shape index (κ1) is 12.7. The minimum atomic E-state index is 1.17. The highest BCUT2D eigenvalue weighted by molar-refractivity contribution is 5.11. The molecule has 1 aromatic carbocycles. The number of benzene rings is 1. The van der Waals surface area contributed by atoms with E-state index in [0.717, 1.165) is 0 Å². The largest absolute Gasteiger partial charge is 0.0991 e. The van der Waals surface area contributed by atoms with Crippen molar-refractivity contribution in [2.45, 2.75) is 26.7 Å². The van der Waals surface area contributed by atoms with Crippen molar-refractivity contribution in [2.75, 3.05) is 0 Å². The molecule has 0 heterocycles. The highest BCUT2D eigenvalue weighted by Gasteiger charge is 1.72. The summed E-state index contributed by atoms with van der Waals surface area (Å²) in [6.45, 7) is 7.79. The number of unbranched alkanes of at least 4 members (excludes halogenated alkanes) is 1. The van der Waals surface area contributed by atoms with Crippen molar-refractivity contribution in [1.82, 2.24) is 0 Å². The van der Waals surface area contributed by atoms with Crippen LogP contribution in [0.4, 0.5) is 0 Å². The molecule has 0 aliphatic heterocycles. The highest BCUT2D eigenvalue weighted by atomic mass is 13.8. The fraction of sp³-hybridized carbons (Fsp3) is 0.286. The lowest BCUT2D eigenvalue weighted by Crippen LogP contribution is -1.62. The summed E-state index contributed by atoms with van der Waals surface area (Å²) in [7, 11) is 0. The van der Waals surface area contributed by atoms with E-state index in [9.17, 15) is 0 Å². The molecule has 0 N–H and O–H groups in total. The van der Waals surface area contributed by atoms with Crippen molar-refractivity contribution in [3.05, 3.63) is 60.7 Å². The predicted octanol–water partition coefficient (Wildman–Crippen LogP) is 4.52. The van der Waals surface area contributed by atoms with Gasteiger partial charge in [0, 0.05) is 0 Å². The van der Waals surface area contributed by atoms with Crippen LogP contribution >= 0.6 is 0 Å². The van der Waals surface area contributed by atoms with Crippen LogP contribution < -0.4 is 0 Å². The molecule has 0 spiro atoms. The molecule has 0 nitrogen and oxygen atoms in total. The second-order valence-corrected chi connectivity index (χ2v) is 3.11. The standard InChI is InChI=1S/C7H8.C7H12/c1-7-5-3-2-4-6-7;1-3-5-7-6-4-2/h2-6H,1H3;3,5,7H,1,4,6H2,2H3/b;7-5+. The van der Waals surface area contributed by atoms with Crippen LogP contribution in [0.2, 0.25) is 0 Å². The van der Waals surface area contributed by atoms with E-state index in [-0.39, 0.29) is 0 Å². The quantitative estimate of drug-likeness (QED) is 0.612. The molecule has 0 fully saturated rings. The van der Waals surface area contributed by atoms with Crippen LogP contribution in [-0.4, -0.2) is 0 Å². The maximum absolute atomic E-state index is 3.55. The van der Waals surface area contributed by atoms with Gasteiger partial charge in [-0.3, -0.25) is 0 Å². The van der Waals surface area contributed by atoms with Gasteiger partial charge in [-0.25, -0.2) is 0 Å². The van der Waals surface area contributed by atoms with Crippen LogP contribution in [0, 0.1) is 6.92 Å². The smallest absolute Gasteiger partial charge is 0.0350 e. The van der Waals surface area contributed by atoms with Gasteiger partial charge in [-0.15, -0.1) is 0 Å². The van der Waals surface area contributed by atoms with E-state index < -0.39 is 0 Å². The van der Waals surface area contributed by atoms with E-state index in [4.69, 9.17) is 0 Å². The Hall–Kier alpha value is -1.30. The summed E-state index contributed by atoms with van der Waals surface area (Å²) in [6.07, 6.45) is 8.29. The Morgan fingerprint density at radius 2 is 1.86 bits per heavy atom. The van der Waals surface area contributed by atoms with Gasteiger partial charge in [0.2, 0.25) is 0 Å². The minimum absolute atomic E-state index is 1.17. The topological polar surface area (TPSA) is 0 Å². The zero-order chi connectivity index (χ0) is 10.6. The lowest BCUT2D eigenvalue weighted by atomic mass is 10.2. The fourth-order valence-corrected chi connectivity index (χ4v) is 0.893. The van der Waals surface area contributed by atoms with Crippen molar-refractivity contribution >= 4 is 0 Å². The van der Waals surface area contributed by atoms with Gasteiger partial charge in [-0.2, -0.15) is 0 Å². The second kappa shape index (κ2) is 9.79. The van der Waals surface area contributed by atoms with Gasteiger partial charge in [0.25, 0.3) is 0 Å². The Labute approximate surface area is 88.0 Å². The summed E-state index contributed by atoms with van der Waals surface area (Å²) < 4.78 is 0. The van der Waals surface area contributed by atoms with Gasteiger partial charge < -0.3 is 0 Å². The van der Waals surface area contributed by atoms with E-state index in [1.54, 1.807) is 6.08 Å². The number of hydrogen-bond acceptors (Lipinski definition) is 0. The first-order valence-corrected chi connectivity index (χ1v) is 5.10. The number of allylic oxidation sites excluding steroid dienone is 3. The molecule has 1 rings (SSSR count). The predicted molar refractivity (Wildman–Crippen MR) is 65.4 cm³/mol. The Bertz CT molecular complexity index is 244. The molecule has 76 valence electrons. The first-order valence-electron chi connectivity index (χ1n) is 5.10. The van der Waals surface area contributed by atoms with Gasteiger partial charge in [0.1, 0.15) is 0 Å². The maximum atomic E-state index is 3.55. The molecule has 0 aromatic heterocycles. The molecule has 0 atom stereocenters. The highest BCUT2D eigenvalue weighted by Crippen LogP contribution is 1.92. The molecule has 14 heavy (non-hydrogen) atoms. The molecule has 0 bridgehead atoms. The fourth-order valence-electron chi connectivity index (χ4n) is 0.893. The molecule has 0 heteroatoms. The van der Waals surface area contributed by atoms with E-state index in [1.165, 1.54) is 18.4 Å². The molecule has 0 amide bonds. The minimum Gasteiger partial charge on any atom is -0.0991 e. The molecule has 1 aromatic rings. The van der Waals surface area contributed by atoms with Gasteiger partial charge in [0.05, 0.1) is 0 Å². The summed E-state index contributed by atoms with van der Waals surface area (Å²) in [5.74, 6) is 0. The van der Waals surface area contributed by atoms with E-state index >= 15 is 0 Å². The summed E-state index contributed by atoms with van der Waals surface area (Å²) in [4.78, 5) is 0. The van der Waals surface area contributed by atoms with Crippen molar-refractivity contribution in [2.24, 2.45) is 0 Å². The second-order valence-electron chi connectivity index (χ2n) is 3.11. The maximum Gasteiger partial charge on any atom is -0.0350 e. The first-order chi connectivity index (χ1) is 6.81. The molecule has 0 aliphatic carbocycles. The van der Waals surface area contributed by atoms with Crippen LogP contribution in [0.5, 0.6) is 0 Å². The Kier molecular flexibility index (Phi) is 8.88. The van der Waals surface area contributed by atoms with Crippen molar-refractivity contribution in [3.63, 3.8) is 0 Å². The van der Waals surface area contributed by atoms with Crippen LogP contribution in [-0.2, 0) is 0 Å². The SMILES string of the molecule is C=C/C=C/CCC.Cc1ccccc1. The van der Waals surface area contributed by atoms with Gasteiger partial charge in [0.15, 0.2) is 0 Å². The van der Waals surface area contributed by atoms with Gasteiger partial charge in [-0.05, 0) is 13.3 Å². The number of rotatable bonds is 3. The van der Waals surface area contributed by atoms with E-state index in [1.807, 2.05) is 24.3 Å².